The standard InChI is InChI=1S/C13H14N2OS/c1-2-4-10(5-3-1)12-9-17-13(15-12)6-14-11-7-16-8-11/h1-5,9,11,14H,6-8H2. The average Bonchev–Trinajstić information content (AvgIpc) is 2.77. The lowest BCUT2D eigenvalue weighted by molar-refractivity contribution is -0.00578. The topological polar surface area (TPSA) is 34.1 Å². The van der Waals surface area contributed by atoms with Gasteiger partial charge in [-0.05, 0) is 0 Å². The summed E-state index contributed by atoms with van der Waals surface area (Å²) < 4.78 is 5.12. The van der Waals surface area contributed by atoms with E-state index in [0.29, 0.717) is 6.04 Å². The van der Waals surface area contributed by atoms with E-state index in [4.69, 9.17) is 4.74 Å². The van der Waals surface area contributed by atoms with Gasteiger partial charge in [0.25, 0.3) is 0 Å². The van der Waals surface area contributed by atoms with Gasteiger partial charge in [0.15, 0.2) is 0 Å². The summed E-state index contributed by atoms with van der Waals surface area (Å²) in [5.41, 5.74) is 2.25. The molecule has 2 aromatic rings. The largest absolute Gasteiger partial charge is 0.378 e. The lowest BCUT2D eigenvalue weighted by atomic mass is 10.2. The Kier molecular flexibility index (Phi) is 3.18. The molecule has 4 heteroatoms. The van der Waals surface area contributed by atoms with Crippen LogP contribution in [0.25, 0.3) is 11.3 Å². The van der Waals surface area contributed by atoms with Gasteiger partial charge in [0, 0.05) is 17.5 Å². The van der Waals surface area contributed by atoms with Crippen molar-refractivity contribution in [2.24, 2.45) is 0 Å². The first-order valence-electron chi connectivity index (χ1n) is 5.73. The molecule has 1 aromatic heterocycles. The molecule has 1 saturated heterocycles. The van der Waals surface area contributed by atoms with Gasteiger partial charge in [-0.25, -0.2) is 4.98 Å². The first kappa shape index (κ1) is 10.9. The van der Waals surface area contributed by atoms with Gasteiger partial charge in [-0.1, -0.05) is 30.3 Å². The molecule has 0 aliphatic carbocycles. The van der Waals surface area contributed by atoms with Gasteiger partial charge in [-0.3, -0.25) is 0 Å². The molecule has 0 radical (unpaired) electrons. The molecular formula is C13H14N2OS. The molecule has 1 aliphatic rings. The highest BCUT2D eigenvalue weighted by Crippen LogP contribution is 2.21. The number of thiazole rings is 1. The van der Waals surface area contributed by atoms with Crippen molar-refractivity contribution in [1.29, 1.82) is 0 Å². The summed E-state index contributed by atoms with van der Waals surface area (Å²) >= 11 is 1.71. The smallest absolute Gasteiger partial charge is 0.107 e. The van der Waals surface area contributed by atoms with Gasteiger partial charge in [0.1, 0.15) is 5.01 Å². The lowest BCUT2D eigenvalue weighted by Gasteiger charge is -2.26. The maximum atomic E-state index is 5.12. The summed E-state index contributed by atoms with van der Waals surface area (Å²) in [5.74, 6) is 0. The van der Waals surface area contributed by atoms with Crippen molar-refractivity contribution in [2.45, 2.75) is 12.6 Å². The fourth-order valence-electron chi connectivity index (χ4n) is 1.72. The monoisotopic (exact) mass is 246 g/mol. The van der Waals surface area contributed by atoms with Crippen LogP contribution in [0.5, 0.6) is 0 Å². The third-order valence-electron chi connectivity index (χ3n) is 2.80. The van der Waals surface area contributed by atoms with Gasteiger partial charge < -0.3 is 10.1 Å². The van der Waals surface area contributed by atoms with Crippen molar-refractivity contribution in [3.8, 4) is 11.3 Å². The highest BCUT2D eigenvalue weighted by Gasteiger charge is 2.17. The highest BCUT2D eigenvalue weighted by atomic mass is 32.1. The van der Waals surface area contributed by atoms with Crippen molar-refractivity contribution >= 4 is 11.3 Å². The third kappa shape index (κ3) is 2.54. The Hall–Kier alpha value is -1.23. The van der Waals surface area contributed by atoms with Crippen LogP contribution < -0.4 is 5.32 Å². The number of nitrogens with one attached hydrogen (secondary N) is 1. The van der Waals surface area contributed by atoms with E-state index in [9.17, 15) is 0 Å². The molecule has 1 aliphatic heterocycles. The van der Waals surface area contributed by atoms with Crippen molar-refractivity contribution < 1.29 is 4.74 Å². The van der Waals surface area contributed by atoms with Crippen molar-refractivity contribution in [3.05, 3.63) is 40.7 Å². The zero-order valence-electron chi connectivity index (χ0n) is 9.43. The average molecular weight is 246 g/mol. The van der Waals surface area contributed by atoms with Crippen molar-refractivity contribution in [1.82, 2.24) is 10.3 Å². The molecule has 1 aromatic carbocycles. The third-order valence-corrected chi connectivity index (χ3v) is 3.65. The maximum absolute atomic E-state index is 5.12. The number of ether oxygens (including phenoxy) is 1. The summed E-state index contributed by atoms with van der Waals surface area (Å²) in [6, 6.07) is 10.8. The van der Waals surface area contributed by atoms with E-state index in [0.717, 1.165) is 30.5 Å². The number of rotatable bonds is 4. The van der Waals surface area contributed by atoms with Gasteiger partial charge in [-0.2, -0.15) is 0 Å². The first-order valence-corrected chi connectivity index (χ1v) is 6.61. The Morgan fingerprint density at radius 2 is 2.12 bits per heavy atom. The first-order chi connectivity index (χ1) is 8.42. The second-order valence-corrected chi connectivity index (χ2v) is 5.05. The maximum Gasteiger partial charge on any atom is 0.107 e. The minimum absolute atomic E-state index is 0.513. The molecule has 17 heavy (non-hydrogen) atoms. The predicted octanol–water partition coefficient (Wildman–Crippen LogP) is 2.30. The summed E-state index contributed by atoms with van der Waals surface area (Å²) in [4.78, 5) is 4.63. The number of aromatic nitrogens is 1. The molecule has 0 saturated carbocycles. The summed E-state index contributed by atoms with van der Waals surface area (Å²) in [6.45, 7) is 2.50. The van der Waals surface area contributed by atoms with Gasteiger partial charge in [-0.15, -0.1) is 11.3 Å². The molecular weight excluding hydrogens is 232 g/mol. The van der Waals surface area contributed by atoms with E-state index < -0.39 is 0 Å². The number of nitrogens with zero attached hydrogens (tertiary/aromatic N) is 1. The van der Waals surface area contributed by atoms with E-state index in [1.165, 1.54) is 5.56 Å². The van der Waals surface area contributed by atoms with Crippen molar-refractivity contribution in [2.75, 3.05) is 13.2 Å². The van der Waals surface area contributed by atoms with Crippen LogP contribution in [-0.4, -0.2) is 24.2 Å². The Morgan fingerprint density at radius 1 is 1.29 bits per heavy atom. The van der Waals surface area contributed by atoms with Crippen LogP contribution in [0, 0.1) is 0 Å². The predicted molar refractivity (Wildman–Crippen MR) is 69.0 cm³/mol. The van der Waals surface area contributed by atoms with Gasteiger partial charge >= 0.3 is 0 Å². The summed E-state index contributed by atoms with van der Waals surface area (Å²) in [7, 11) is 0. The summed E-state index contributed by atoms with van der Waals surface area (Å²) in [6.07, 6.45) is 0. The molecule has 2 heterocycles. The van der Waals surface area contributed by atoms with Crippen LogP contribution in [0.2, 0.25) is 0 Å². The number of hydrogen-bond donors (Lipinski definition) is 1. The number of benzene rings is 1. The van der Waals surface area contributed by atoms with E-state index in [1.807, 2.05) is 18.2 Å². The van der Waals surface area contributed by atoms with E-state index in [-0.39, 0.29) is 0 Å². The Morgan fingerprint density at radius 3 is 2.82 bits per heavy atom. The molecule has 3 rings (SSSR count). The molecule has 3 nitrogen and oxygen atoms in total. The van der Waals surface area contributed by atoms with E-state index in [2.05, 4.69) is 27.8 Å². The van der Waals surface area contributed by atoms with Crippen molar-refractivity contribution in [3.63, 3.8) is 0 Å². The lowest BCUT2D eigenvalue weighted by Crippen LogP contribution is -2.45. The van der Waals surface area contributed by atoms with Crippen LogP contribution in [0.4, 0.5) is 0 Å². The highest BCUT2D eigenvalue weighted by molar-refractivity contribution is 7.09. The van der Waals surface area contributed by atoms with E-state index >= 15 is 0 Å². The second-order valence-electron chi connectivity index (χ2n) is 4.11. The van der Waals surface area contributed by atoms with Crippen LogP contribution in [0.1, 0.15) is 5.01 Å². The van der Waals surface area contributed by atoms with E-state index in [1.54, 1.807) is 11.3 Å². The summed E-state index contributed by atoms with van der Waals surface area (Å²) in [5, 5.41) is 6.67. The molecule has 0 amide bonds. The molecule has 0 unspecified atom stereocenters. The minimum Gasteiger partial charge on any atom is -0.378 e. The van der Waals surface area contributed by atoms with Crippen LogP contribution in [0.15, 0.2) is 35.7 Å². The minimum atomic E-state index is 0.513. The van der Waals surface area contributed by atoms with Crippen LogP contribution in [-0.2, 0) is 11.3 Å². The molecule has 1 fully saturated rings. The Balaban J connectivity index is 1.65. The molecule has 1 N–H and O–H groups in total. The molecule has 88 valence electrons. The fourth-order valence-corrected chi connectivity index (χ4v) is 2.47. The SMILES string of the molecule is c1ccc(-c2csc(CNC3COC3)n2)cc1. The van der Waals surface area contributed by atoms with Gasteiger partial charge in [0.05, 0.1) is 24.9 Å². The Labute approximate surface area is 104 Å². The van der Waals surface area contributed by atoms with Gasteiger partial charge in [0.2, 0.25) is 0 Å². The Bertz CT molecular complexity index is 479. The van der Waals surface area contributed by atoms with Crippen LogP contribution in [0.3, 0.4) is 0 Å². The molecule has 0 atom stereocenters. The quantitative estimate of drug-likeness (QED) is 0.899. The molecule has 0 bridgehead atoms. The zero-order valence-corrected chi connectivity index (χ0v) is 10.2. The van der Waals surface area contributed by atoms with Crippen LogP contribution >= 0.6 is 11.3 Å². The normalized spacial score (nSPS) is 15.8. The zero-order chi connectivity index (χ0) is 11.5. The fraction of sp³-hybridized carbons (Fsp3) is 0.308. The molecule has 0 spiro atoms. The second kappa shape index (κ2) is 4.96. The number of hydrogen-bond acceptors (Lipinski definition) is 4.